The van der Waals surface area contributed by atoms with Gasteiger partial charge in [-0.05, 0) is 25.2 Å². The molecule has 0 aromatic rings. The summed E-state index contributed by atoms with van der Waals surface area (Å²) in [5, 5.41) is 5.19. The monoisotopic (exact) mass is 635 g/mol. The van der Waals surface area contributed by atoms with Crippen molar-refractivity contribution in [3.8, 4) is 0 Å². The Morgan fingerprint density at radius 2 is 1.42 bits per heavy atom. The summed E-state index contributed by atoms with van der Waals surface area (Å²) < 4.78 is 33.4. The molecule has 43 heavy (non-hydrogen) atoms. The number of amides is 6. The highest BCUT2D eigenvalue weighted by Gasteiger charge is 2.37. The van der Waals surface area contributed by atoms with Crippen molar-refractivity contribution in [2.75, 3.05) is 13.1 Å². The van der Waals surface area contributed by atoms with E-state index < -0.39 is 81.9 Å². The molecule has 1 aliphatic heterocycles. The average molecular weight is 636 g/mol. The second-order valence-electron chi connectivity index (χ2n) is 9.94. The van der Waals surface area contributed by atoms with E-state index in [0.717, 1.165) is 12.2 Å². The highest BCUT2D eigenvalue weighted by molar-refractivity contribution is 7.87. The van der Waals surface area contributed by atoms with E-state index in [1.807, 2.05) is 13.8 Å². The van der Waals surface area contributed by atoms with Crippen LogP contribution in [0.2, 0.25) is 0 Å². The summed E-state index contributed by atoms with van der Waals surface area (Å²) in [6.45, 7) is 14.4. The van der Waals surface area contributed by atoms with E-state index in [1.165, 1.54) is 6.42 Å². The summed E-state index contributed by atoms with van der Waals surface area (Å²) in [6.07, 6.45) is 3.11. The van der Waals surface area contributed by atoms with E-state index >= 15 is 0 Å². The Labute approximate surface area is 256 Å². The molecule has 0 aromatic carbocycles. The normalized spacial score (nSPS) is 14.3. The Hall–Kier alpha value is -3.33. The molecular weight excluding hydrogens is 582 g/mol. The molecule has 1 rings (SSSR count). The number of hydrogen-bond donors (Lipinski definition) is 5. The lowest BCUT2D eigenvalue weighted by Gasteiger charge is -2.27. The first-order chi connectivity index (χ1) is 19.5. The van der Waals surface area contributed by atoms with Gasteiger partial charge in [-0.1, -0.05) is 69.2 Å². The summed E-state index contributed by atoms with van der Waals surface area (Å²) >= 11 is 0. The molecule has 14 nitrogen and oxygen atoms in total. The zero-order valence-corrected chi connectivity index (χ0v) is 26.7. The summed E-state index contributed by atoms with van der Waals surface area (Å²) in [5.41, 5.74) is 5.02. The van der Waals surface area contributed by atoms with E-state index in [1.54, 1.807) is 27.7 Å². The van der Waals surface area contributed by atoms with Gasteiger partial charge >= 0.3 is 6.03 Å². The number of urea groups is 1. The Kier molecular flexibility index (Phi) is 22.8. The lowest BCUT2D eigenvalue weighted by atomic mass is 9.96. The highest BCUT2D eigenvalue weighted by atomic mass is 32.2. The van der Waals surface area contributed by atoms with Crippen molar-refractivity contribution in [1.29, 1.82) is 0 Å². The smallest absolute Gasteiger partial charge is 0.312 e. The van der Waals surface area contributed by atoms with Gasteiger partial charge in [0.25, 0.3) is 21.9 Å². The molecule has 6 N–H and O–H groups in total. The van der Waals surface area contributed by atoms with E-state index in [4.69, 9.17) is 5.73 Å². The molecular formula is C28H53N5O9S. The summed E-state index contributed by atoms with van der Waals surface area (Å²) in [5.74, 6) is -4.62. The van der Waals surface area contributed by atoms with Gasteiger partial charge in [-0.15, -0.1) is 0 Å². The van der Waals surface area contributed by atoms with Crippen LogP contribution in [-0.4, -0.2) is 83.7 Å². The average Bonchev–Trinajstić information content (AvgIpc) is 3.21. The third kappa shape index (κ3) is 16.8. The largest absolute Gasteiger partial charge is 0.352 e. The number of ketones is 1. The van der Waals surface area contributed by atoms with Gasteiger partial charge in [-0.3, -0.25) is 33.4 Å². The fourth-order valence-electron chi connectivity index (χ4n) is 3.56. The molecule has 0 bridgehead atoms. The maximum absolute atomic E-state index is 13.0. The van der Waals surface area contributed by atoms with E-state index in [0.29, 0.717) is 11.3 Å². The molecule has 15 heteroatoms. The summed E-state index contributed by atoms with van der Waals surface area (Å²) in [4.78, 5) is 73.5. The van der Waals surface area contributed by atoms with Crippen LogP contribution in [0.1, 0.15) is 88.5 Å². The lowest BCUT2D eigenvalue weighted by molar-refractivity contribution is -0.137. The molecule has 3 atom stereocenters. The van der Waals surface area contributed by atoms with Gasteiger partial charge in [0.2, 0.25) is 11.8 Å². The van der Waals surface area contributed by atoms with Crippen LogP contribution in [0, 0.1) is 11.8 Å². The predicted molar refractivity (Wildman–Crippen MR) is 165 cm³/mol. The fourth-order valence-corrected chi connectivity index (χ4v) is 4.30. The highest BCUT2D eigenvalue weighted by Crippen LogP contribution is 2.13. The first-order valence-corrected chi connectivity index (χ1v) is 15.7. The van der Waals surface area contributed by atoms with Gasteiger partial charge in [0.1, 0.15) is 6.04 Å². The van der Waals surface area contributed by atoms with Gasteiger partial charge in [0.15, 0.2) is 11.0 Å². The van der Waals surface area contributed by atoms with Crippen molar-refractivity contribution in [2.24, 2.45) is 17.6 Å². The number of imide groups is 1. The number of carbonyl (C=O) groups excluding carboxylic acids is 6. The van der Waals surface area contributed by atoms with Crippen LogP contribution in [0.4, 0.5) is 4.79 Å². The summed E-state index contributed by atoms with van der Waals surface area (Å²) in [6, 6.07) is -2.96. The predicted octanol–water partition coefficient (Wildman–Crippen LogP) is 1.94. The number of rotatable bonds is 15. The number of nitrogens with two attached hydrogens (primary N) is 1. The van der Waals surface area contributed by atoms with Gasteiger partial charge in [-0.25, -0.2) is 4.79 Å². The van der Waals surface area contributed by atoms with Crippen LogP contribution >= 0.6 is 0 Å². The third-order valence-corrected chi connectivity index (χ3v) is 6.78. The number of carbonyl (C=O) groups is 6. The molecule has 0 saturated heterocycles. The minimum atomic E-state index is -4.97. The van der Waals surface area contributed by atoms with Gasteiger partial charge in [0.05, 0.1) is 6.04 Å². The van der Waals surface area contributed by atoms with Crippen LogP contribution < -0.4 is 21.7 Å². The minimum Gasteiger partial charge on any atom is -0.352 e. The minimum absolute atomic E-state index is 0. The first kappa shape index (κ1) is 44.1. The molecule has 0 saturated carbocycles. The molecule has 1 unspecified atom stereocenters. The molecule has 250 valence electrons. The molecule has 6 amide bonds. The maximum Gasteiger partial charge on any atom is 0.312 e. The quantitative estimate of drug-likeness (QED) is 0.101. The topological polar surface area (TPSA) is 222 Å². The Morgan fingerprint density at radius 1 is 0.930 bits per heavy atom. The Balaban J connectivity index is -0.00000250. The number of primary amides is 1. The van der Waals surface area contributed by atoms with Gasteiger partial charge < -0.3 is 21.7 Å². The standard InChI is InChI=1S/C22H35N5O9S.C3H8.C2H6.CH4/c1-12(2)18(21(32)25-14(19(30)13(3)4)6-5-10-24-22(23)33)26-20(31)15(37(34,35)36)9-11-27-16(28)7-8-17(27)29;1-3-2;1-2;/h7-8,12-15,18H,5-6,9-11H2,1-4H3,(H,25,32)(H,26,31)(H3,23,24,33)(H,34,35,36);3H2,1-2H3;1-2H3;1H4/t14-,15+,18?;;;/m0.../s1. The van der Waals surface area contributed by atoms with Gasteiger partial charge in [-0.2, -0.15) is 8.42 Å². The molecule has 0 fully saturated rings. The van der Waals surface area contributed by atoms with E-state index in [9.17, 15) is 41.7 Å². The molecule has 0 radical (unpaired) electrons. The van der Waals surface area contributed by atoms with Gasteiger partial charge in [0, 0.05) is 31.2 Å². The maximum atomic E-state index is 13.0. The number of Topliss-reactive ketones (excluding diaryl/α,β-unsaturated/α-hetero) is 1. The van der Waals surface area contributed by atoms with Crippen molar-refractivity contribution in [3.63, 3.8) is 0 Å². The van der Waals surface area contributed by atoms with Crippen molar-refractivity contribution in [2.45, 2.75) is 106 Å². The van der Waals surface area contributed by atoms with E-state index in [-0.39, 0.29) is 26.2 Å². The number of nitrogens with zero attached hydrogens (tertiary/aromatic N) is 1. The van der Waals surface area contributed by atoms with Crippen LogP contribution in [0.3, 0.4) is 0 Å². The van der Waals surface area contributed by atoms with Crippen LogP contribution in [0.15, 0.2) is 12.2 Å². The molecule has 0 spiro atoms. The molecule has 1 aliphatic rings. The Morgan fingerprint density at radius 3 is 1.81 bits per heavy atom. The number of nitrogens with one attached hydrogen (secondary N) is 3. The van der Waals surface area contributed by atoms with Crippen LogP contribution in [0.5, 0.6) is 0 Å². The Bertz CT molecular complexity index is 1040. The third-order valence-electron chi connectivity index (χ3n) is 5.61. The summed E-state index contributed by atoms with van der Waals surface area (Å²) in [7, 11) is -4.97. The lowest BCUT2D eigenvalue weighted by Crippen LogP contribution is -2.56. The molecule has 0 aromatic heterocycles. The zero-order chi connectivity index (χ0) is 33.2. The van der Waals surface area contributed by atoms with Crippen LogP contribution in [0.25, 0.3) is 0 Å². The van der Waals surface area contributed by atoms with Crippen molar-refractivity contribution >= 4 is 45.6 Å². The number of hydrogen-bond acceptors (Lipinski definition) is 8. The zero-order valence-electron chi connectivity index (χ0n) is 25.9. The van der Waals surface area contributed by atoms with Crippen molar-refractivity contribution < 1.29 is 41.7 Å². The molecule has 0 aliphatic carbocycles. The second kappa shape index (κ2) is 22.2. The van der Waals surface area contributed by atoms with Crippen molar-refractivity contribution in [1.82, 2.24) is 20.9 Å². The fraction of sp³-hybridized carbons (Fsp3) is 0.714. The second-order valence-corrected chi connectivity index (χ2v) is 11.5. The van der Waals surface area contributed by atoms with Crippen LogP contribution in [-0.2, 0) is 34.1 Å². The van der Waals surface area contributed by atoms with Crippen molar-refractivity contribution in [3.05, 3.63) is 12.2 Å². The molecule has 1 heterocycles. The first-order valence-electron chi connectivity index (χ1n) is 14.1. The van der Waals surface area contributed by atoms with E-state index in [2.05, 4.69) is 29.8 Å². The SMILES string of the molecule is C.CC.CC(C)C(=O)[C@H](CCCNC(N)=O)NC(=O)C(NC(=O)[C@@H](CCN1C(=O)C=CC1=O)S(=O)(=O)O)C(C)C.CCC.